The molecule has 0 radical (unpaired) electrons. The number of aliphatic hydroxyl groups excluding tert-OH is 1. The van der Waals surface area contributed by atoms with Gasteiger partial charge in [-0.2, -0.15) is 0 Å². The van der Waals surface area contributed by atoms with E-state index < -0.39 is 12.2 Å². The Kier molecular flexibility index (Phi) is 6.71. The zero-order chi connectivity index (χ0) is 25.4. The van der Waals surface area contributed by atoms with E-state index in [2.05, 4.69) is 6.92 Å². The summed E-state index contributed by atoms with van der Waals surface area (Å²) in [6.07, 6.45) is 4.36. The van der Waals surface area contributed by atoms with Gasteiger partial charge in [-0.1, -0.05) is 38.3 Å². The number of ether oxygens (including phenoxy) is 3. The lowest BCUT2D eigenvalue weighted by Crippen LogP contribution is -2.32. The predicted molar refractivity (Wildman–Crippen MR) is 138 cm³/mol. The van der Waals surface area contributed by atoms with E-state index in [4.69, 9.17) is 14.2 Å². The molecule has 0 aromatic heterocycles. The third-order valence-electron chi connectivity index (χ3n) is 7.56. The van der Waals surface area contributed by atoms with Gasteiger partial charge in [0.05, 0.1) is 20.3 Å². The first-order valence-electron chi connectivity index (χ1n) is 12.7. The Bertz CT molecular complexity index is 1270. The van der Waals surface area contributed by atoms with Crippen molar-refractivity contribution in [1.82, 2.24) is 0 Å². The summed E-state index contributed by atoms with van der Waals surface area (Å²) in [7, 11) is 3.17. The molecule has 5 rings (SSSR count). The van der Waals surface area contributed by atoms with Crippen LogP contribution < -0.4 is 14.2 Å². The van der Waals surface area contributed by atoms with Gasteiger partial charge in [-0.05, 0) is 65.3 Å². The largest absolute Gasteiger partial charge is 0.508 e. The number of hydrogen-bond acceptors (Lipinski definition) is 6. The average Bonchev–Trinajstić information content (AvgIpc) is 2.88. The monoisotopic (exact) mass is 490 g/mol. The predicted octanol–water partition coefficient (Wildman–Crippen LogP) is 6.04. The molecule has 6 nitrogen and oxygen atoms in total. The second-order valence-electron chi connectivity index (χ2n) is 9.82. The first kappa shape index (κ1) is 24.3. The number of fused-ring (bicyclic) bond motifs is 5. The summed E-state index contributed by atoms with van der Waals surface area (Å²) in [6.45, 7) is 2.20. The van der Waals surface area contributed by atoms with Crippen LogP contribution in [0, 0.1) is 0 Å². The highest BCUT2D eigenvalue weighted by molar-refractivity contribution is 5.83. The van der Waals surface area contributed by atoms with Gasteiger partial charge in [0.1, 0.15) is 23.4 Å². The van der Waals surface area contributed by atoms with E-state index in [0.717, 1.165) is 71.4 Å². The van der Waals surface area contributed by atoms with Crippen LogP contribution in [0.3, 0.4) is 0 Å². The molecule has 3 N–H and O–H groups in total. The first-order valence-corrected chi connectivity index (χ1v) is 12.7. The van der Waals surface area contributed by atoms with Gasteiger partial charge in [0.15, 0.2) is 11.5 Å². The molecule has 0 fully saturated rings. The van der Waals surface area contributed by atoms with Crippen molar-refractivity contribution in [2.24, 2.45) is 0 Å². The second-order valence-corrected chi connectivity index (χ2v) is 9.82. The van der Waals surface area contributed by atoms with Crippen molar-refractivity contribution in [3.8, 4) is 39.9 Å². The van der Waals surface area contributed by atoms with Gasteiger partial charge in [0.25, 0.3) is 0 Å². The molecule has 36 heavy (non-hydrogen) atoms. The van der Waals surface area contributed by atoms with E-state index in [0.29, 0.717) is 12.2 Å². The van der Waals surface area contributed by atoms with Crippen LogP contribution >= 0.6 is 0 Å². The summed E-state index contributed by atoms with van der Waals surface area (Å²) in [5, 5.41) is 31.5. The minimum atomic E-state index is -0.762. The van der Waals surface area contributed by atoms with Crippen LogP contribution in [-0.4, -0.2) is 35.6 Å². The first-order chi connectivity index (χ1) is 17.4. The highest BCUT2D eigenvalue weighted by Crippen LogP contribution is 2.53. The summed E-state index contributed by atoms with van der Waals surface area (Å²) >= 11 is 0. The molecule has 0 amide bonds. The van der Waals surface area contributed by atoms with E-state index in [9.17, 15) is 15.3 Å². The van der Waals surface area contributed by atoms with E-state index in [1.54, 1.807) is 31.4 Å². The summed E-state index contributed by atoms with van der Waals surface area (Å²) in [4.78, 5) is 0. The van der Waals surface area contributed by atoms with E-state index >= 15 is 0 Å². The maximum Gasteiger partial charge on any atom is 0.160 e. The van der Waals surface area contributed by atoms with Crippen molar-refractivity contribution in [2.75, 3.05) is 14.2 Å². The van der Waals surface area contributed by atoms with Crippen molar-refractivity contribution >= 4 is 0 Å². The normalized spacial score (nSPS) is 20.1. The quantitative estimate of drug-likeness (QED) is 0.350. The van der Waals surface area contributed by atoms with Crippen LogP contribution in [0.25, 0.3) is 11.1 Å². The zero-order valence-electron chi connectivity index (χ0n) is 21.1. The van der Waals surface area contributed by atoms with Crippen LogP contribution in [0.15, 0.2) is 42.5 Å². The van der Waals surface area contributed by atoms with Crippen molar-refractivity contribution < 1.29 is 29.5 Å². The Balaban J connectivity index is 1.63. The van der Waals surface area contributed by atoms with Crippen LogP contribution in [-0.2, 0) is 12.8 Å². The van der Waals surface area contributed by atoms with Gasteiger partial charge < -0.3 is 29.5 Å². The Labute approximate surface area is 212 Å². The number of methoxy groups -OCH3 is 2. The third kappa shape index (κ3) is 4.24. The van der Waals surface area contributed by atoms with Gasteiger partial charge in [-0.15, -0.1) is 0 Å². The fraction of sp³-hybridized carbons (Fsp3) is 0.400. The molecule has 6 heteroatoms. The third-order valence-corrected chi connectivity index (χ3v) is 7.56. The summed E-state index contributed by atoms with van der Waals surface area (Å²) in [5.41, 5.74) is 6.18. The van der Waals surface area contributed by atoms with Crippen molar-refractivity contribution in [3.05, 3.63) is 64.7 Å². The molecule has 1 aliphatic carbocycles. The number of hydrogen-bond donors (Lipinski definition) is 3. The highest BCUT2D eigenvalue weighted by Gasteiger charge is 2.38. The number of phenolic OH excluding ortho intramolecular Hbond substituents is 2. The number of rotatable bonds is 7. The lowest BCUT2D eigenvalue weighted by molar-refractivity contribution is 0.0201. The molecule has 0 spiro atoms. The van der Waals surface area contributed by atoms with Gasteiger partial charge in [0, 0.05) is 23.6 Å². The molecule has 190 valence electrons. The molecule has 3 aromatic rings. The fourth-order valence-electron chi connectivity index (χ4n) is 5.84. The molecule has 1 heterocycles. The van der Waals surface area contributed by atoms with Crippen LogP contribution in [0.2, 0.25) is 0 Å². The van der Waals surface area contributed by atoms with Crippen molar-refractivity contribution in [2.45, 2.75) is 63.6 Å². The molecule has 3 aromatic carbocycles. The molecule has 0 saturated carbocycles. The van der Waals surface area contributed by atoms with Crippen molar-refractivity contribution in [1.29, 1.82) is 0 Å². The molecular weight excluding hydrogens is 456 g/mol. The minimum Gasteiger partial charge on any atom is -0.508 e. The van der Waals surface area contributed by atoms with E-state index in [-0.39, 0.29) is 17.4 Å². The van der Waals surface area contributed by atoms with Crippen LogP contribution in [0.1, 0.15) is 66.9 Å². The Morgan fingerprint density at radius 3 is 2.50 bits per heavy atom. The minimum absolute atomic E-state index is 0.0438. The highest BCUT2D eigenvalue weighted by atomic mass is 16.5. The number of aromatic hydroxyl groups is 2. The second kappa shape index (κ2) is 9.94. The average molecular weight is 491 g/mol. The van der Waals surface area contributed by atoms with Gasteiger partial charge in [-0.25, -0.2) is 0 Å². The lowest BCUT2D eigenvalue weighted by Gasteiger charge is -2.37. The van der Waals surface area contributed by atoms with Gasteiger partial charge >= 0.3 is 0 Å². The number of benzene rings is 3. The Hall–Kier alpha value is -3.38. The standard InChI is InChI=1S/C30H34O6/c1-4-5-6-7-17-12-19-13-20(31)9-10-21(19)29-27(35-3)16-25-22(28(17)29)15-24(33)30(36-25)18-8-11-23(32)26(14-18)34-2/h8-11,13-14,16-17,24,30-33H,4-7,12,15H2,1-3H3. The summed E-state index contributed by atoms with van der Waals surface area (Å²) < 4.78 is 17.6. The molecular formula is C30H34O6. The summed E-state index contributed by atoms with van der Waals surface area (Å²) in [5.74, 6) is 2.35. The van der Waals surface area contributed by atoms with Gasteiger partial charge in [0.2, 0.25) is 0 Å². The van der Waals surface area contributed by atoms with E-state index in [1.165, 1.54) is 12.7 Å². The van der Waals surface area contributed by atoms with Crippen molar-refractivity contribution in [3.63, 3.8) is 0 Å². The Morgan fingerprint density at radius 2 is 1.75 bits per heavy atom. The SMILES string of the molecule is CCCCCC1Cc2cc(O)ccc2-c2c(OC)cc3c(c21)CC(O)C(c1ccc(O)c(OC)c1)O3. The topological polar surface area (TPSA) is 88.4 Å². The maximum absolute atomic E-state index is 11.3. The molecule has 0 saturated heterocycles. The maximum atomic E-state index is 11.3. The van der Waals surface area contributed by atoms with Crippen LogP contribution in [0.4, 0.5) is 0 Å². The lowest BCUT2D eigenvalue weighted by atomic mass is 9.72. The summed E-state index contributed by atoms with van der Waals surface area (Å²) in [6, 6.07) is 12.5. The van der Waals surface area contributed by atoms with Crippen LogP contribution in [0.5, 0.6) is 28.7 Å². The van der Waals surface area contributed by atoms with Gasteiger partial charge in [-0.3, -0.25) is 0 Å². The number of unbranched alkanes of at least 4 members (excludes halogenated alkanes) is 2. The molecule has 2 aliphatic rings. The zero-order valence-corrected chi connectivity index (χ0v) is 21.1. The van der Waals surface area contributed by atoms with E-state index in [1.807, 2.05) is 18.2 Å². The number of phenols is 2. The molecule has 0 bridgehead atoms. The Morgan fingerprint density at radius 1 is 0.944 bits per heavy atom. The molecule has 3 atom stereocenters. The molecule has 3 unspecified atom stereocenters. The fourth-order valence-corrected chi connectivity index (χ4v) is 5.84. The number of aliphatic hydroxyl groups is 1. The smallest absolute Gasteiger partial charge is 0.160 e. The molecule has 1 aliphatic heterocycles.